The normalized spacial score (nSPS) is 25.5. The van der Waals surface area contributed by atoms with Crippen molar-refractivity contribution in [3.8, 4) is 0 Å². The van der Waals surface area contributed by atoms with E-state index < -0.39 is 9.84 Å². The lowest BCUT2D eigenvalue weighted by atomic mass is 10.0. The SMILES string of the molecule is C=CC1=C(/C=C(/C)C=C)C(C)CS1(=O)=O. The fourth-order valence-corrected chi connectivity index (χ4v) is 3.58. The molecule has 0 aliphatic carbocycles. The Labute approximate surface area is 91.6 Å². The van der Waals surface area contributed by atoms with Crippen LogP contribution >= 0.6 is 0 Å². The lowest BCUT2D eigenvalue weighted by molar-refractivity contribution is 0.600. The van der Waals surface area contributed by atoms with Crippen LogP contribution in [0.25, 0.3) is 0 Å². The minimum atomic E-state index is -3.11. The Morgan fingerprint density at radius 1 is 1.47 bits per heavy atom. The van der Waals surface area contributed by atoms with Crippen molar-refractivity contribution < 1.29 is 8.42 Å². The summed E-state index contributed by atoms with van der Waals surface area (Å²) in [6.45, 7) is 11.0. The van der Waals surface area contributed by atoms with Crippen molar-refractivity contribution in [1.82, 2.24) is 0 Å². The fourth-order valence-electron chi connectivity index (χ4n) is 1.69. The Kier molecular flexibility index (Phi) is 3.35. The number of hydrogen-bond donors (Lipinski definition) is 0. The van der Waals surface area contributed by atoms with Crippen molar-refractivity contribution in [3.63, 3.8) is 0 Å². The van der Waals surface area contributed by atoms with E-state index in [1.807, 2.05) is 19.9 Å². The number of hydrogen-bond acceptors (Lipinski definition) is 2. The maximum absolute atomic E-state index is 11.7. The van der Waals surface area contributed by atoms with Crippen LogP contribution < -0.4 is 0 Å². The molecule has 0 N–H and O–H groups in total. The van der Waals surface area contributed by atoms with Crippen LogP contribution in [0, 0.1) is 5.92 Å². The lowest BCUT2D eigenvalue weighted by Gasteiger charge is -2.03. The second-order valence-corrected chi connectivity index (χ2v) is 5.80. The van der Waals surface area contributed by atoms with Crippen molar-refractivity contribution in [2.75, 3.05) is 5.75 Å². The Morgan fingerprint density at radius 2 is 2.07 bits per heavy atom. The van der Waals surface area contributed by atoms with E-state index in [0.717, 1.165) is 11.1 Å². The molecule has 1 atom stereocenters. The summed E-state index contributed by atoms with van der Waals surface area (Å²) in [5.74, 6) is 0.225. The first-order chi connectivity index (χ1) is 6.92. The van der Waals surface area contributed by atoms with Gasteiger partial charge >= 0.3 is 0 Å². The van der Waals surface area contributed by atoms with Gasteiger partial charge in [0.2, 0.25) is 0 Å². The Hall–Kier alpha value is -1.09. The molecule has 1 rings (SSSR count). The zero-order valence-electron chi connectivity index (χ0n) is 9.16. The molecule has 0 bridgehead atoms. The number of sulfone groups is 1. The van der Waals surface area contributed by atoms with E-state index in [1.54, 1.807) is 6.08 Å². The van der Waals surface area contributed by atoms with Gasteiger partial charge in [0.15, 0.2) is 9.84 Å². The van der Waals surface area contributed by atoms with E-state index in [2.05, 4.69) is 13.2 Å². The molecule has 0 fully saturated rings. The molecule has 0 spiro atoms. The highest BCUT2D eigenvalue weighted by molar-refractivity contribution is 7.95. The molecule has 0 saturated carbocycles. The van der Waals surface area contributed by atoms with Crippen LogP contribution in [0.15, 0.2) is 47.4 Å². The van der Waals surface area contributed by atoms with Crippen LogP contribution in [0.2, 0.25) is 0 Å². The molecule has 0 aromatic rings. The van der Waals surface area contributed by atoms with Crippen molar-refractivity contribution in [1.29, 1.82) is 0 Å². The van der Waals surface area contributed by atoms with Crippen molar-refractivity contribution in [3.05, 3.63) is 47.4 Å². The van der Waals surface area contributed by atoms with Gasteiger partial charge in [-0.15, -0.1) is 0 Å². The summed E-state index contributed by atoms with van der Waals surface area (Å²) in [5.41, 5.74) is 1.82. The van der Waals surface area contributed by atoms with Gasteiger partial charge in [-0.2, -0.15) is 0 Å². The summed E-state index contributed by atoms with van der Waals surface area (Å²) in [5, 5.41) is 0. The van der Waals surface area contributed by atoms with Gasteiger partial charge in [-0.05, 0) is 18.4 Å². The molecule has 1 aliphatic heterocycles. The molecule has 3 heteroatoms. The maximum atomic E-state index is 11.7. The predicted octanol–water partition coefficient (Wildman–Crippen LogP) is 2.62. The Balaban J connectivity index is 3.35. The summed E-state index contributed by atoms with van der Waals surface area (Å²) in [4.78, 5) is 0.371. The average molecular weight is 224 g/mol. The predicted molar refractivity (Wildman–Crippen MR) is 64.1 cm³/mol. The van der Waals surface area contributed by atoms with Crippen LogP contribution in [0.4, 0.5) is 0 Å². The first-order valence-electron chi connectivity index (χ1n) is 4.82. The van der Waals surface area contributed by atoms with E-state index in [1.165, 1.54) is 6.08 Å². The molecule has 1 heterocycles. The molecular weight excluding hydrogens is 208 g/mol. The van der Waals surface area contributed by atoms with Crippen molar-refractivity contribution in [2.24, 2.45) is 5.92 Å². The number of rotatable bonds is 3. The zero-order chi connectivity index (χ0) is 11.6. The molecule has 1 aliphatic rings. The highest BCUT2D eigenvalue weighted by Gasteiger charge is 2.31. The zero-order valence-corrected chi connectivity index (χ0v) is 9.97. The van der Waals surface area contributed by atoms with Crippen LogP contribution in [-0.4, -0.2) is 14.2 Å². The van der Waals surface area contributed by atoms with E-state index in [9.17, 15) is 8.42 Å². The Morgan fingerprint density at radius 3 is 2.53 bits per heavy atom. The number of allylic oxidation sites excluding steroid dienone is 5. The fraction of sp³-hybridized carbons (Fsp3) is 0.333. The van der Waals surface area contributed by atoms with Crippen LogP contribution in [0.3, 0.4) is 0 Å². The summed E-state index contributed by atoms with van der Waals surface area (Å²) in [6, 6.07) is 0. The van der Waals surface area contributed by atoms with Gasteiger partial charge in [0.25, 0.3) is 0 Å². The summed E-state index contributed by atoms with van der Waals surface area (Å²) in [7, 11) is -3.11. The topological polar surface area (TPSA) is 34.1 Å². The first-order valence-corrected chi connectivity index (χ1v) is 6.47. The third-order valence-electron chi connectivity index (χ3n) is 2.51. The molecule has 15 heavy (non-hydrogen) atoms. The van der Waals surface area contributed by atoms with Gasteiger partial charge in [-0.1, -0.05) is 43.9 Å². The van der Waals surface area contributed by atoms with Gasteiger partial charge in [-0.25, -0.2) is 8.42 Å². The van der Waals surface area contributed by atoms with Gasteiger partial charge in [0.05, 0.1) is 10.7 Å². The van der Waals surface area contributed by atoms with Gasteiger partial charge < -0.3 is 0 Å². The first kappa shape index (κ1) is 12.0. The molecule has 82 valence electrons. The standard InChI is InChI=1S/C12H16O2S/c1-5-9(3)7-11-10(4)8-15(13,14)12(11)6-2/h5-7,10H,1-2,8H2,3-4H3/b9-7-. The minimum absolute atomic E-state index is 0.0397. The average Bonchev–Trinajstić information content (AvgIpc) is 2.36. The monoisotopic (exact) mass is 224 g/mol. The molecule has 0 amide bonds. The van der Waals surface area contributed by atoms with Crippen molar-refractivity contribution >= 4 is 9.84 Å². The van der Waals surface area contributed by atoms with E-state index in [0.29, 0.717) is 4.91 Å². The van der Waals surface area contributed by atoms with E-state index in [4.69, 9.17) is 0 Å². The highest BCUT2D eigenvalue weighted by atomic mass is 32.2. The second-order valence-electron chi connectivity index (χ2n) is 3.80. The molecule has 0 aromatic heterocycles. The molecule has 2 nitrogen and oxygen atoms in total. The summed E-state index contributed by atoms with van der Waals surface area (Å²) in [6.07, 6.45) is 5.02. The Bertz CT molecular complexity index is 450. The molecule has 0 radical (unpaired) electrons. The van der Waals surface area contributed by atoms with Gasteiger partial charge in [0, 0.05) is 0 Å². The molecule has 0 saturated heterocycles. The highest BCUT2D eigenvalue weighted by Crippen LogP contribution is 2.32. The second kappa shape index (κ2) is 4.19. The smallest absolute Gasteiger partial charge is 0.179 e. The lowest BCUT2D eigenvalue weighted by Crippen LogP contribution is -2.04. The molecule has 1 unspecified atom stereocenters. The third kappa shape index (κ3) is 2.29. The minimum Gasteiger partial charge on any atom is -0.224 e. The van der Waals surface area contributed by atoms with Crippen LogP contribution in [0.5, 0.6) is 0 Å². The maximum Gasteiger partial charge on any atom is 0.179 e. The van der Waals surface area contributed by atoms with Gasteiger partial charge in [0.1, 0.15) is 0 Å². The van der Waals surface area contributed by atoms with Gasteiger partial charge in [-0.3, -0.25) is 0 Å². The summed E-state index contributed by atoms with van der Waals surface area (Å²) < 4.78 is 23.4. The largest absolute Gasteiger partial charge is 0.224 e. The molecule has 0 aromatic carbocycles. The van der Waals surface area contributed by atoms with Crippen molar-refractivity contribution in [2.45, 2.75) is 13.8 Å². The molecular formula is C12H16O2S. The van der Waals surface area contributed by atoms with Crippen LogP contribution in [-0.2, 0) is 9.84 Å². The van der Waals surface area contributed by atoms with E-state index >= 15 is 0 Å². The van der Waals surface area contributed by atoms with Crippen LogP contribution in [0.1, 0.15) is 13.8 Å². The third-order valence-corrected chi connectivity index (χ3v) is 4.52. The summed E-state index contributed by atoms with van der Waals surface area (Å²) >= 11 is 0. The quantitative estimate of drug-likeness (QED) is 0.691. The van der Waals surface area contributed by atoms with E-state index in [-0.39, 0.29) is 11.7 Å².